The number of anilines is 1. The van der Waals surface area contributed by atoms with Gasteiger partial charge in [0.25, 0.3) is 0 Å². The normalized spacial score (nSPS) is 12.3. The molecule has 0 unspecified atom stereocenters. The quantitative estimate of drug-likeness (QED) is 0.725. The molecule has 3 aromatic rings. The fraction of sp³-hybridized carbons (Fsp3) is 0.158. The van der Waals surface area contributed by atoms with Crippen LogP contribution in [0.5, 0.6) is 0 Å². The van der Waals surface area contributed by atoms with E-state index in [1.807, 2.05) is 18.2 Å². The second-order valence-electron chi connectivity index (χ2n) is 5.61. The van der Waals surface area contributed by atoms with Crippen molar-refractivity contribution >= 4 is 17.3 Å². The molecule has 0 radical (unpaired) electrons. The Bertz CT molecular complexity index is 878. The first kappa shape index (κ1) is 15.5. The number of hydrogen-bond acceptors (Lipinski definition) is 3. The van der Waals surface area contributed by atoms with Gasteiger partial charge >= 0.3 is 0 Å². The molecule has 0 spiro atoms. The Balaban J connectivity index is 1.79. The lowest BCUT2D eigenvalue weighted by Gasteiger charge is -2.17. The van der Waals surface area contributed by atoms with Crippen LogP contribution in [0.4, 0.5) is 5.69 Å². The van der Waals surface area contributed by atoms with Crippen molar-refractivity contribution < 1.29 is 0 Å². The molecule has 0 aliphatic heterocycles. The minimum absolute atomic E-state index is 0.235. The van der Waals surface area contributed by atoms with Gasteiger partial charge < -0.3 is 5.32 Å². The first-order valence-electron chi connectivity index (χ1n) is 7.46. The van der Waals surface area contributed by atoms with Gasteiger partial charge in [-0.05, 0) is 29.2 Å². The summed E-state index contributed by atoms with van der Waals surface area (Å²) in [5.74, 6) is 0.235. The van der Waals surface area contributed by atoms with E-state index in [4.69, 9.17) is 11.6 Å². The molecule has 0 saturated carbocycles. The van der Waals surface area contributed by atoms with Crippen LogP contribution in [0.1, 0.15) is 18.4 Å². The lowest BCUT2D eigenvalue weighted by Crippen LogP contribution is -2.36. The summed E-state index contributed by atoms with van der Waals surface area (Å²) in [7, 11) is 0. The van der Waals surface area contributed by atoms with E-state index in [0.29, 0.717) is 28.4 Å². The van der Waals surface area contributed by atoms with E-state index in [0.717, 1.165) is 0 Å². The Morgan fingerprint density at radius 3 is 2.26 bits per heavy atom. The Hall–Kier alpha value is -2.39. The number of hydrogen-bond donors (Lipinski definition) is 1. The van der Waals surface area contributed by atoms with Crippen LogP contribution >= 0.6 is 11.6 Å². The lowest BCUT2D eigenvalue weighted by atomic mass is 9.97. The predicted octanol–water partition coefficient (Wildman–Crippen LogP) is 3.82. The number of nitrogens with one attached hydrogen (secondary N) is 1. The highest BCUT2D eigenvalue weighted by Gasteiger charge is 2.22. The predicted molar refractivity (Wildman–Crippen MR) is 95.1 cm³/mol. The second kappa shape index (κ2) is 6.39. The highest BCUT2D eigenvalue weighted by Crippen LogP contribution is 2.26. The van der Waals surface area contributed by atoms with Crippen molar-refractivity contribution in [3.63, 3.8) is 0 Å². The topological polar surface area (TPSA) is 46.2 Å². The summed E-state index contributed by atoms with van der Waals surface area (Å²) in [5, 5.41) is 3.73. The third-order valence-corrected chi connectivity index (χ3v) is 4.25. The zero-order valence-corrected chi connectivity index (χ0v) is 13.4. The zero-order chi connectivity index (χ0) is 16.4. The van der Waals surface area contributed by atoms with Crippen molar-refractivity contribution in [3.8, 4) is 11.1 Å². The van der Waals surface area contributed by atoms with E-state index in [2.05, 4.69) is 24.4 Å². The van der Waals surface area contributed by atoms with Gasteiger partial charge in [-0.3, -0.25) is 9.59 Å². The van der Waals surface area contributed by atoms with E-state index in [-0.39, 0.29) is 5.92 Å². The van der Waals surface area contributed by atoms with Crippen molar-refractivity contribution in [1.82, 2.24) is 0 Å². The molecule has 0 heterocycles. The van der Waals surface area contributed by atoms with E-state index in [9.17, 15) is 9.59 Å². The van der Waals surface area contributed by atoms with E-state index < -0.39 is 10.9 Å². The van der Waals surface area contributed by atoms with Crippen LogP contribution in [-0.4, -0.2) is 6.54 Å². The Kier molecular flexibility index (Phi) is 4.30. The molecule has 0 aliphatic rings. The molecule has 0 amide bonds. The molecular weight excluding hydrogens is 310 g/mol. The molecule has 0 aliphatic carbocycles. The monoisotopic (exact) mass is 325 g/mol. The molecule has 1 atom stereocenters. The summed E-state index contributed by atoms with van der Waals surface area (Å²) >= 11 is 5.87. The molecule has 0 fully saturated rings. The Morgan fingerprint density at radius 1 is 0.957 bits per heavy atom. The summed E-state index contributed by atoms with van der Waals surface area (Å²) in [6.45, 7) is 2.67. The SMILES string of the molecule is C[C@H](CNc1c(-c2ccc(Cl)cc2)c(=O)c1=O)c1ccccc1. The Labute approximate surface area is 139 Å². The molecule has 0 bridgehead atoms. The first-order chi connectivity index (χ1) is 11.1. The van der Waals surface area contributed by atoms with Gasteiger partial charge in [0.2, 0.25) is 10.9 Å². The highest BCUT2D eigenvalue weighted by molar-refractivity contribution is 6.30. The molecule has 1 N–H and O–H groups in total. The zero-order valence-electron chi connectivity index (χ0n) is 12.7. The van der Waals surface area contributed by atoms with Crippen molar-refractivity contribution in [2.45, 2.75) is 12.8 Å². The molecule has 23 heavy (non-hydrogen) atoms. The van der Waals surface area contributed by atoms with Gasteiger partial charge in [0.1, 0.15) is 0 Å². The molecule has 3 aromatic carbocycles. The minimum atomic E-state index is -0.449. The van der Waals surface area contributed by atoms with Crippen LogP contribution in [0.15, 0.2) is 64.2 Å². The van der Waals surface area contributed by atoms with Crippen LogP contribution in [0.25, 0.3) is 11.1 Å². The van der Waals surface area contributed by atoms with E-state index in [1.165, 1.54) is 5.56 Å². The molecule has 116 valence electrons. The van der Waals surface area contributed by atoms with Crippen molar-refractivity contribution in [2.24, 2.45) is 0 Å². The molecule has 0 saturated heterocycles. The van der Waals surface area contributed by atoms with Gasteiger partial charge in [0.05, 0.1) is 11.3 Å². The smallest absolute Gasteiger partial charge is 0.250 e. The van der Waals surface area contributed by atoms with E-state index >= 15 is 0 Å². The van der Waals surface area contributed by atoms with Crippen molar-refractivity contribution in [1.29, 1.82) is 0 Å². The molecule has 3 rings (SSSR count). The number of halogens is 1. The third-order valence-electron chi connectivity index (χ3n) is 4.00. The first-order valence-corrected chi connectivity index (χ1v) is 7.84. The number of benzene rings is 2. The van der Waals surface area contributed by atoms with Crippen molar-refractivity contribution in [2.75, 3.05) is 11.9 Å². The van der Waals surface area contributed by atoms with Gasteiger partial charge in [-0.1, -0.05) is 61.0 Å². The van der Waals surface area contributed by atoms with Gasteiger partial charge in [-0.2, -0.15) is 0 Å². The van der Waals surface area contributed by atoms with Crippen LogP contribution in [0.3, 0.4) is 0 Å². The van der Waals surface area contributed by atoms with E-state index in [1.54, 1.807) is 24.3 Å². The summed E-state index contributed by atoms with van der Waals surface area (Å²) in [6, 6.07) is 17.0. The van der Waals surface area contributed by atoms with Crippen LogP contribution in [0.2, 0.25) is 5.02 Å². The molecular formula is C19H16ClNO2. The third kappa shape index (κ3) is 3.06. The summed E-state index contributed by atoms with van der Waals surface area (Å²) in [5.41, 5.74) is 1.87. The maximum atomic E-state index is 11.9. The maximum absolute atomic E-state index is 11.9. The Morgan fingerprint density at radius 2 is 1.61 bits per heavy atom. The standard InChI is InChI=1S/C19H16ClNO2/c1-12(13-5-3-2-4-6-13)11-21-17-16(18(22)19(17)23)14-7-9-15(20)10-8-14/h2-10,12,21H,11H2,1H3/t12-/m1/s1. The summed E-state index contributed by atoms with van der Waals surface area (Å²) < 4.78 is 0. The second-order valence-corrected chi connectivity index (χ2v) is 6.04. The maximum Gasteiger partial charge on any atom is 0.250 e. The van der Waals surface area contributed by atoms with Gasteiger partial charge in [0.15, 0.2) is 0 Å². The van der Waals surface area contributed by atoms with Crippen molar-refractivity contribution in [3.05, 3.63) is 85.6 Å². The molecule has 4 heteroatoms. The molecule has 3 nitrogen and oxygen atoms in total. The van der Waals surface area contributed by atoms with Crippen LogP contribution in [0, 0.1) is 0 Å². The van der Waals surface area contributed by atoms with Crippen LogP contribution in [-0.2, 0) is 0 Å². The summed E-state index contributed by atoms with van der Waals surface area (Å²) in [6.07, 6.45) is 0. The number of rotatable bonds is 5. The summed E-state index contributed by atoms with van der Waals surface area (Å²) in [4.78, 5) is 23.8. The fourth-order valence-electron chi connectivity index (χ4n) is 2.61. The molecule has 0 aromatic heterocycles. The lowest BCUT2D eigenvalue weighted by molar-refractivity contribution is 0.803. The fourth-order valence-corrected chi connectivity index (χ4v) is 2.73. The van der Waals surface area contributed by atoms with Crippen LogP contribution < -0.4 is 16.2 Å². The van der Waals surface area contributed by atoms with Gasteiger partial charge in [-0.25, -0.2) is 0 Å². The average molecular weight is 326 g/mol. The average Bonchev–Trinajstić information content (AvgIpc) is 2.59. The minimum Gasteiger partial charge on any atom is -0.381 e. The largest absolute Gasteiger partial charge is 0.381 e. The highest BCUT2D eigenvalue weighted by atomic mass is 35.5. The van der Waals surface area contributed by atoms with Gasteiger partial charge in [-0.15, -0.1) is 0 Å². The van der Waals surface area contributed by atoms with Gasteiger partial charge in [0, 0.05) is 11.6 Å².